The van der Waals surface area contributed by atoms with E-state index in [1.165, 1.54) is 0 Å². The van der Waals surface area contributed by atoms with Crippen molar-refractivity contribution < 1.29 is 9.26 Å². The van der Waals surface area contributed by atoms with Crippen molar-refractivity contribution in [1.29, 1.82) is 0 Å². The minimum Gasteiger partial charge on any atom is -0.378 e. The first-order chi connectivity index (χ1) is 11.7. The highest BCUT2D eigenvalue weighted by atomic mass is 16.5. The van der Waals surface area contributed by atoms with E-state index in [-0.39, 0.29) is 0 Å². The van der Waals surface area contributed by atoms with Gasteiger partial charge in [-0.3, -0.25) is 0 Å². The number of aromatic nitrogens is 4. The first kappa shape index (κ1) is 15.3. The zero-order valence-electron chi connectivity index (χ0n) is 14.0. The highest BCUT2D eigenvalue weighted by Gasteiger charge is 2.26. The molecular weight excluding hydrogens is 304 g/mol. The molecule has 1 aliphatic heterocycles. The van der Waals surface area contributed by atoms with Crippen LogP contribution in [0.15, 0.2) is 29.0 Å². The van der Waals surface area contributed by atoms with Gasteiger partial charge in [0.05, 0.1) is 6.10 Å². The van der Waals surface area contributed by atoms with Gasteiger partial charge in [0.15, 0.2) is 0 Å². The topological polar surface area (TPSA) is 76.8 Å². The Morgan fingerprint density at radius 2 is 2.25 bits per heavy atom. The summed E-state index contributed by atoms with van der Waals surface area (Å²) in [6, 6.07) is 3.91. The molecule has 4 rings (SSSR count). The van der Waals surface area contributed by atoms with Crippen LogP contribution in [0.1, 0.15) is 32.6 Å². The third kappa shape index (κ3) is 2.94. The molecule has 4 heterocycles. The third-order valence-corrected chi connectivity index (χ3v) is 4.80. The van der Waals surface area contributed by atoms with Crippen LogP contribution in [0.4, 0.5) is 0 Å². The van der Waals surface area contributed by atoms with E-state index in [0.717, 1.165) is 42.5 Å². The average Bonchev–Trinajstić information content (AvgIpc) is 3.23. The minimum atomic E-state index is 0.339. The van der Waals surface area contributed by atoms with Crippen molar-refractivity contribution >= 4 is 11.0 Å². The summed E-state index contributed by atoms with van der Waals surface area (Å²) < 4.78 is 11.4. The van der Waals surface area contributed by atoms with E-state index in [4.69, 9.17) is 9.26 Å². The van der Waals surface area contributed by atoms with Crippen molar-refractivity contribution in [2.45, 2.75) is 39.2 Å². The molecule has 3 aromatic heterocycles. The van der Waals surface area contributed by atoms with Crippen molar-refractivity contribution in [1.82, 2.24) is 20.1 Å². The summed E-state index contributed by atoms with van der Waals surface area (Å²) in [5.41, 5.74) is 1.78. The molecule has 6 heteroatoms. The number of rotatable bonds is 4. The molecule has 6 nitrogen and oxygen atoms in total. The normalized spacial score (nSPS) is 21.6. The molecule has 0 saturated carbocycles. The van der Waals surface area contributed by atoms with E-state index in [1.54, 1.807) is 6.20 Å². The number of H-pyrrole nitrogens is 1. The van der Waals surface area contributed by atoms with E-state index >= 15 is 0 Å². The summed E-state index contributed by atoms with van der Waals surface area (Å²) in [4.78, 5) is 12.0. The lowest BCUT2D eigenvalue weighted by molar-refractivity contribution is -0.0349. The van der Waals surface area contributed by atoms with Gasteiger partial charge in [-0.15, -0.1) is 0 Å². The number of pyridine rings is 1. The molecule has 2 atom stereocenters. The van der Waals surface area contributed by atoms with Crippen molar-refractivity contribution in [3.63, 3.8) is 0 Å². The zero-order chi connectivity index (χ0) is 16.5. The van der Waals surface area contributed by atoms with Gasteiger partial charge in [0.2, 0.25) is 11.7 Å². The molecule has 1 saturated heterocycles. The number of hydrogen-bond acceptors (Lipinski definition) is 5. The fourth-order valence-electron chi connectivity index (χ4n) is 3.40. The van der Waals surface area contributed by atoms with Crippen molar-refractivity contribution in [2.75, 3.05) is 6.61 Å². The maximum Gasteiger partial charge on any atom is 0.227 e. The van der Waals surface area contributed by atoms with Gasteiger partial charge < -0.3 is 14.2 Å². The van der Waals surface area contributed by atoms with Crippen LogP contribution in [0.2, 0.25) is 0 Å². The van der Waals surface area contributed by atoms with Gasteiger partial charge in [-0.25, -0.2) is 4.98 Å². The predicted octanol–water partition coefficient (Wildman–Crippen LogP) is 3.61. The second kappa shape index (κ2) is 6.36. The summed E-state index contributed by atoms with van der Waals surface area (Å²) >= 11 is 0. The average molecular weight is 326 g/mol. The number of fused-ring (bicyclic) bond motifs is 1. The lowest BCUT2D eigenvalue weighted by Gasteiger charge is -2.31. The first-order valence-electron chi connectivity index (χ1n) is 8.57. The molecule has 24 heavy (non-hydrogen) atoms. The van der Waals surface area contributed by atoms with Gasteiger partial charge in [-0.05, 0) is 36.8 Å². The summed E-state index contributed by atoms with van der Waals surface area (Å²) in [5.74, 6) is 2.43. The molecule has 0 aromatic carbocycles. The monoisotopic (exact) mass is 326 g/mol. The number of nitrogens with one attached hydrogen (secondary N) is 1. The van der Waals surface area contributed by atoms with Gasteiger partial charge in [0.25, 0.3) is 0 Å². The van der Waals surface area contributed by atoms with E-state index in [0.29, 0.717) is 29.7 Å². The maximum atomic E-state index is 5.84. The second-order valence-electron chi connectivity index (χ2n) is 6.86. The summed E-state index contributed by atoms with van der Waals surface area (Å²) in [6.07, 6.45) is 6.91. The molecule has 126 valence electrons. The predicted molar refractivity (Wildman–Crippen MR) is 90.4 cm³/mol. The van der Waals surface area contributed by atoms with Crippen molar-refractivity contribution in [3.05, 3.63) is 30.4 Å². The molecule has 1 N–H and O–H groups in total. The molecule has 0 spiro atoms. The Morgan fingerprint density at radius 1 is 1.33 bits per heavy atom. The standard InChI is InChI=1S/C18H22N4O2/c1-11(2)15-9-12(5-8-23-15)10-16-21-18(22-24-16)14-4-7-20-17-13(14)3-6-19-17/h3-4,6-7,11-12,15H,5,8-10H2,1-2H3,(H,19,20). The van der Waals surface area contributed by atoms with Crippen LogP contribution >= 0.6 is 0 Å². The molecule has 0 bridgehead atoms. The quantitative estimate of drug-likeness (QED) is 0.792. The second-order valence-corrected chi connectivity index (χ2v) is 6.86. The Kier molecular flexibility index (Phi) is 4.06. The molecular formula is C18H22N4O2. The van der Waals surface area contributed by atoms with Gasteiger partial charge in [0.1, 0.15) is 5.65 Å². The Hall–Kier alpha value is -2.21. The third-order valence-electron chi connectivity index (χ3n) is 4.80. The number of aromatic amines is 1. The highest BCUT2D eigenvalue weighted by molar-refractivity contribution is 5.90. The summed E-state index contributed by atoms with van der Waals surface area (Å²) in [6.45, 7) is 5.25. The number of ether oxygens (including phenoxy) is 1. The van der Waals surface area contributed by atoms with Gasteiger partial charge in [-0.2, -0.15) is 4.98 Å². The van der Waals surface area contributed by atoms with E-state index in [1.807, 2.05) is 18.3 Å². The largest absolute Gasteiger partial charge is 0.378 e. The van der Waals surface area contributed by atoms with Crippen LogP contribution in [0.25, 0.3) is 22.4 Å². The van der Waals surface area contributed by atoms with Crippen molar-refractivity contribution in [3.8, 4) is 11.4 Å². The number of hydrogen-bond donors (Lipinski definition) is 1. The van der Waals surface area contributed by atoms with E-state index in [2.05, 4.69) is 34.0 Å². The van der Waals surface area contributed by atoms with Crippen molar-refractivity contribution in [2.24, 2.45) is 11.8 Å². The summed E-state index contributed by atoms with van der Waals surface area (Å²) in [5, 5.41) is 5.19. The van der Waals surface area contributed by atoms with Gasteiger partial charge in [-0.1, -0.05) is 19.0 Å². The number of nitrogens with zero attached hydrogens (tertiary/aromatic N) is 3. The molecule has 1 fully saturated rings. The van der Waals surface area contributed by atoms with Gasteiger partial charge >= 0.3 is 0 Å². The minimum absolute atomic E-state index is 0.339. The fourth-order valence-corrected chi connectivity index (χ4v) is 3.40. The molecule has 2 unspecified atom stereocenters. The maximum absolute atomic E-state index is 5.84. The van der Waals surface area contributed by atoms with Crippen LogP contribution in [-0.4, -0.2) is 32.8 Å². The highest BCUT2D eigenvalue weighted by Crippen LogP contribution is 2.29. The van der Waals surface area contributed by atoms with Crippen LogP contribution < -0.4 is 0 Å². The zero-order valence-corrected chi connectivity index (χ0v) is 14.0. The summed E-state index contributed by atoms with van der Waals surface area (Å²) in [7, 11) is 0. The molecule has 0 aliphatic carbocycles. The van der Waals surface area contributed by atoms with E-state index < -0.39 is 0 Å². The van der Waals surface area contributed by atoms with Crippen LogP contribution in [0.5, 0.6) is 0 Å². The molecule has 1 aliphatic rings. The fraction of sp³-hybridized carbons (Fsp3) is 0.500. The van der Waals surface area contributed by atoms with Crippen LogP contribution in [-0.2, 0) is 11.2 Å². The Labute approximate surface area is 140 Å². The lowest BCUT2D eigenvalue weighted by Crippen LogP contribution is -2.30. The Balaban J connectivity index is 1.52. The first-order valence-corrected chi connectivity index (χ1v) is 8.57. The molecule has 3 aromatic rings. The Bertz CT molecular complexity index is 823. The lowest BCUT2D eigenvalue weighted by atomic mass is 9.88. The van der Waals surface area contributed by atoms with Crippen LogP contribution in [0.3, 0.4) is 0 Å². The van der Waals surface area contributed by atoms with E-state index in [9.17, 15) is 0 Å². The molecule has 0 radical (unpaired) electrons. The Morgan fingerprint density at radius 3 is 3.12 bits per heavy atom. The molecule has 0 amide bonds. The SMILES string of the molecule is CC(C)C1CC(Cc2nc(-c3ccnc4[nH]ccc34)no2)CCO1. The van der Waals surface area contributed by atoms with Crippen LogP contribution in [0, 0.1) is 11.8 Å². The smallest absolute Gasteiger partial charge is 0.227 e. The van der Waals surface area contributed by atoms with Gasteiger partial charge in [0, 0.05) is 36.4 Å².